The smallest absolute Gasteiger partial charge is 0.407 e. The molecule has 0 saturated carbocycles. The van der Waals surface area contributed by atoms with Crippen molar-refractivity contribution in [2.24, 2.45) is 5.73 Å². The summed E-state index contributed by atoms with van der Waals surface area (Å²) in [5.74, 6) is 0.814. The van der Waals surface area contributed by atoms with E-state index in [1.165, 1.54) is 0 Å². The Bertz CT molecular complexity index is 352. The van der Waals surface area contributed by atoms with Crippen molar-refractivity contribution in [2.45, 2.75) is 20.0 Å². The van der Waals surface area contributed by atoms with E-state index in [2.05, 4.69) is 5.32 Å². The first kappa shape index (κ1) is 14.3. The first-order chi connectivity index (χ1) is 8.76. The Hall–Kier alpha value is -1.75. The van der Waals surface area contributed by atoms with E-state index >= 15 is 0 Å². The Morgan fingerprint density at radius 3 is 2.67 bits per heavy atom. The van der Waals surface area contributed by atoms with Crippen molar-refractivity contribution in [2.75, 3.05) is 19.7 Å². The highest BCUT2D eigenvalue weighted by Crippen LogP contribution is 2.12. The predicted octanol–water partition coefficient (Wildman–Crippen LogP) is 1.66. The van der Waals surface area contributed by atoms with Gasteiger partial charge in [-0.15, -0.1) is 0 Å². The first-order valence-corrected chi connectivity index (χ1v) is 6.08. The molecule has 100 valence electrons. The number of nitrogens with two attached hydrogens (primary N) is 1. The number of ether oxygens (including phenoxy) is 2. The molecule has 0 aromatic heterocycles. The molecule has 0 saturated heterocycles. The van der Waals surface area contributed by atoms with Crippen molar-refractivity contribution in [1.29, 1.82) is 0 Å². The van der Waals surface area contributed by atoms with Crippen molar-refractivity contribution in [1.82, 2.24) is 5.32 Å². The molecule has 3 N–H and O–H groups in total. The van der Waals surface area contributed by atoms with E-state index in [9.17, 15) is 4.79 Å². The fraction of sp³-hybridized carbons (Fsp3) is 0.462. The van der Waals surface area contributed by atoms with Crippen LogP contribution < -0.4 is 15.8 Å². The lowest BCUT2D eigenvalue weighted by atomic mass is 10.2. The summed E-state index contributed by atoms with van der Waals surface area (Å²) in [5, 5.41) is 2.62. The molecule has 0 spiro atoms. The quantitative estimate of drug-likeness (QED) is 0.724. The number of carbonyl (C=O) groups excluding carboxylic acids is 1. The van der Waals surface area contributed by atoms with E-state index in [1.807, 2.05) is 31.2 Å². The zero-order chi connectivity index (χ0) is 13.2. The van der Waals surface area contributed by atoms with Gasteiger partial charge in [0.2, 0.25) is 0 Å². The lowest BCUT2D eigenvalue weighted by Gasteiger charge is -2.07. The van der Waals surface area contributed by atoms with Gasteiger partial charge in [-0.1, -0.05) is 12.1 Å². The van der Waals surface area contributed by atoms with E-state index in [0.717, 1.165) is 17.7 Å². The molecule has 0 aliphatic rings. The van der Waals surface area contributed by atoms with Crippen LogP contribution in [0.25, 0.3) is 0 Å². The summed E-state index contributed by atoms with van der Waals surface area (Å²) in [6, 6.07) is 7.46. The van der Waals surface area contributed by atoms with Gasteiger partial charge in [0.25, 0.3) is 0 Å². The summed E-state index contributed by atoms with van der Waals surface area (Å²) in [4.78, 5) is 11.3. The van der Waals surface area contributed by atoms with Gasteiger partial charge in [-0.3, -0.25) is 0 Å². The molecule has 0 bridgehead atoms. The second-order valence-electron chi connectivity index (χ2n) is 3.72. The van der Waals surface area contributed by atoms with E-state index in [1.54, 1.807) is 0 Å². The third kappa shape index (κ3) is 5.54. The zero-order valence-corrected chi connectivity index (χ0v) is 10.6. The molecule has 0 fully saturated rings. The van der Waals surface area contributed by atoms with Crippen LogP contribution >= 0.6 is 0 Å². The number of alkyl carbamates (subject to hydrolysis) is 1. The number of nitrogens with one attached hydrogen (secondary N) is 1. The summed E-state index contributed by atoms with van der Waals surface area (Å²) in [6.45, 7) is 3.92. The Labute approximate surface area is 107 Å². The fourth-order valence-electron chi connectivity index (χ4n) is 1.34. The van der Waals surface area contributed by atoms with E-state index in [4.69, 9.17) is 15.2 Å². The van der Waals surface area contributed by atoms with Crippen molar-refractivity contribution < 1.29 is 14.3 Å². The number of benzene rings is 1. The standard InChI is InChI=1S/C13H20N2O3/c1-2-17-12-6-4-11(5-7-12)10-18-13(16)15-9-3-8-14/h4-7H,2-3,8-10,14H2,1H3,(H,15,16). The van der Waals surface area contributed by atoms with Gasteiger partial charge in [0, 0.05) is 6.54 Å². The molecule has 18 heavy (non-hydrogen) atoms. The molecule has 0 unspecified atom stereocenters. The maximum atomic E-state index is 11.3. The lowest BCUT2D eigenvalue weighted by Crippen LogP contribution is -2.26. The Morgan fingerprint density at radius 2 is 2.06 bits per heavy atom. The van der Waals surface area contributed by atoms with Crippen molar-refractivity contribution in [3.8, 4) is 5.75 Å². The molecular formula is C13H20N2O3. The molecule has 0 aliphatic heterocycles. The number of carbonyl (C=O) groups is 1. The van der Waals surface area contributed by atoms with Crippen LogP contribution in [0.4, 0.5) is 4.79 Å². The summed E-state index contributed by atoms with van der Waals surface area (Å²) < 4.78 is 10.4. The minimum Gasteiger partial charge on any atom is -0.494 e. The molecule has 1 rings (SSSR count). The van der Waals surface area contributed by atoms with Crippen LogP contribution in [0.5, 0.6) is 5.75 Å². The minimum atomic E-state index is -0.419. The molecule has 0 heterocycles. The minimum absolute atomic E-state index is 0.251. The van der Waals surface area contributed by atoms with Crippen LogP contribution in [0.15, 0.2) is 24.3 Å². The highest BCUT2D eigenvalue weighted by molar-refractivity contribution is 5.67. The van der Waals surface area contributed by atoms with Crippen LogP contribution in [0, 0.1) is 0 Å². The fourth-order valence-corrected chi connectivity index (χ4v) is 1.34. The SMILES string of the molecule is CCOc1ccc(COC(=O)NCCCN)cc1. The summed E-state index contributed by atoms with van der Waals surface area (Å²) in [7, 11) is 0. The Morgan fingerprint density at radius 1 is 1.33 bits per heavy atom. The molecule has 5 nitrogen and oxygen atoms in total. The molecule has 0 radical (unpaired) electrons. The van der Waals surface area contributed by atoms with Gasteiger partial charge in [0.05, 0.1) is 6.61 Å². The van der Waals surface area contributed by atoms with E-state index < -0.39 is 6.09 Å². The molecule has 5 heteroatoms. The van der Waals surface area contributed by atoms with E-state index in [0.29, 0.717) is 19.7 Å². The highest BCUT2D eigenvalue weighted by Gasteiger charge is 2.01. The topological polar surface area (TPSA) is 73.6 Å². The second kappa shape index (κ2) is 8.36. The lowest BCUT2D eigenvalue weighted by molar-refractivity contribution is 0.139. The normalized spacial score (nSPS) is 9.89. The molecule has 0 aliphatic carbocycles. The first-order valence-electron chi connectivity index (χ1n) is 6.08. The number of hydrogen-bond donors (Lipinski definition) is 2. The molecule has 0 atom stereocenters. The van der Waals surface area contributed by atoms with Gasteiger partial charge in [-0.2, -0.15) is 0 Å². The van der Waals surface area contributed by atoms with Crippen LogP contribution in [0.2, 0.25) is 0 Å². The van der Waals surface area contributed by atoms with Crippen LogP contribution in [-0.4, -0.2) is 25.8 Å². The monoisotopic (exact) mass is 252 g/mol. The van der Waals surface area contributed by atoms with Gasteiger partial charge in [0.1, 0.15) is 12.4 Å². The van der Waals surface area contributed by atoms with Crippen molar-refractivity contribution >= 4 is 6.09 Å². The summed E-state index contributed by atoms with van der Waals surface area (Å²) in [5.41, 5.74) is 6.24. The third-order valence-electron chi connectivity index (χ3n) is 2.25. The van der Waals surface area contributed by atoms with Crippen LogP contribution in [-0.2, 0) is 11.3 Å². The zero-order valence-electron chi connectivity index (χ0n) is 10.6. The number of rotatable bonds is 7. The van der Waals surface area contributed by atoms with Gasteiger partial charge in [-0.05, 0) is 37.6 Å². The maximum absolute atomic E-state index is 11.3. The van der Waals surface area contributed by atoms with Crippen LogP contribution in [0.1, 0.15) is 18.9 Å². The van der Waals surface area contributed by atoms with Crippen LogP contribution in [0.3, 0.4) is 0 Å². The average Bonchev–Trinajstić information content (AvgIpc) is 2.39. The predicted molar refractivity (Wildman–Crippen MR) is 69.5 cm³/mol. The van der Waals surface area contributed by atoms with Crippen molar-refractivity contribution in [3.63, 3.8) is 0 Å². The van der Waals surface area contributed by atoms with Gasteiger partial charge in [-0.25, -0.2) is 4.79 Å². The highest BCUT2D eigenvalue weighted by atomic mass is 16.5. The molecule has 1 aromatic carbocycles. The number of hydrogen-bond acceptors (Lipinski definition) is 4. The molecule has 1 aromatic rings. The summed E-state index contributed by atoms with van der Waals surface area (Å²) in [6.07, 6.45) is 0.329. The van der Waals surface area contributed by atoms with E-state index in [-0.39, 0.29) is 6.61 Å². The average molecular weight is 252 g/mol. The summed E-state index contributed by atoms with van der Waals surface area (Å²) >= 11 is 0. The third-order valence-corrected chi connectivity index (χ3v) is 2.25. The molecular weight excluding hydrogens is 232 g/mol. The van der Waals surface area contributed by atoms with Crippen molar-refractivity contribution in [3.05, 3.63) is 29.8 Å². The second-order valence-corrected chi connectivity index (χ2v) is 3.72. The van der Waals surface area contributed by atoms with Gasteiger partial charge >= 0.3 is 6.09 Å². The van der Waals surface area contributed by atoms with Gasteiger partial charge in [0.15, 0.2) is 0 Å². The Kier molecular flexibility index (Phi) is 6.64. The Balaban J connectivity index is 2.27. The largest absolute Gasteiger partial charge is 0.494 e. The van der Waals surface area contributed by atoms with Gasteiger partial charge < -0.3 is 20.5 Å². The number of amides is 1. The maximum Gasteiger partial charge on any atom is 0.407 e. The molecule has 1 amide bonds.